The summed E-state index contributed by atoms with van der Waals surface area (Å²) in [6.07, 6.45) is 1.85. The Hall–Kier alpha value is -3.33. The van der Waals surface area contributed by atoms with E-state index >= 15 is 0 Å². The average molecular weight is 410 g/mol. The van der Waals surface area contributed by atoms with Gasteiger partial charge in [0, 0.05) is 0 Å². The maximum absolute atomic E-state index is 5.02. The zero-order valence-electron chi connectivity index (χ0n) is 19.6. The zero-order valence-corrected chi connectivity index (χ0v) is 19.6. The molecule has 158 valence electrons. The molecule has 3 aromatic carbocycles. The standard InChI is InChI=1S/C28H31N3/c1-18-11-8-12-19(2)26(18)29-17-25(31-28-22(5)15-10-16-23(28)6)24(7)30-27-20(3)13-9-14-21(27)4/h8-17H,1-7H3. The van der Waals surface area contributed by atoms with Crippen LogP contribution >= 0.6 is 0 Å². The monoisotopic (exact) mass is 409 g/mol. The van der Waals surface area contributed by atoms with Crippen molar-refractivity contribution in [1.29, 1.82) is 0 Å². The summed E-state index contributed by atoms with van der Waals surface area (Å²) < 4.78 is 0. The highest BCUT2D eigenvalue weighted by atomic mass is 14.8. The van der Waals surface area contributed by atoms with Crippen LogP contribution in [0, 0.1) is 41.5 Å². The first kappa shape index (κ1) is 22.4. The maximum Gasteiger partial charge on any atom is 0.103 e. The molecule has 0 aliphatic carbocycles. The molecular weight excluding hydrogens is 378 g/mol. The van der Waals surface area contributed by atoms with Gasteiger partial charge in [-0.15, -0.1) is 0 Å². The van der Waals surface area contributed by atoms with Gasteiger partial charge in [-0.1, -0.05) is 54.6 Å². The number of rotatable bonds is 5. The lowest BCUT2D eigenvalue weighted by Gasteiger charge is -2.10. The van der Waals surface area contributed by atoms with E-state index in [1.54, 1.807) is 0 Å². The normalized spacial score (nSPS) is 12.6. The Morgan fingerprint density at radius 1 is 0.548 bits per heavy atom. The summed E-state index contributed by atoms with van der Waals surface area (Å²) in [5.74, 6) is 0. The molecule has 3 aromatic rings. The van der Waals surface area contributed by atoms with Gasteiger partial charge in [0.1, 0.15) is 5.71 Å². The smallest absolute Gasteiger partial charge is 0.103 e. The maximum atomic E-state index is 5.02. The quantitative estimate of drug-likeness (QED) is 0.385. The summed E-state index contributed by atoms with van der Waals surface area (Å²) >= 11 is 0. The Kier molecular flexibility index (Phi) is 6.96. The van der Waals surface area contributed by atoms with Gasteiger partial charge in [0.05, 0.1) is 29.0 Å². The van der Waals surface area contributed by atoms with Crippen LogP contribution in [-0.2, 0) is 0 Å². The highest BCUT2D eigenvalue weighted by Gasteiger charge is 2.09. The summed E-state index contributed by atoms with van der Waals surface area (Å²) in [5, 5.41) is 0. The second-order valence-electron chi connectivity index (χ2n) is 8.17. The Bertz CT molecular complexity index is 1140. The molecule has 31 heavy (non-hydrogen) atoms. The van der Waals surface area contributed by atoms with E-state index in [2.05, 4.69) is 96.1 Å². The lowest BCUT2D eigenvalue weighted by Crippen LogP contribution is -2.12. The van der Waals surface area contributed by atoms with Crippen molar-refractivity contribution in [3.05, 3.63) is 88.0 Å². The summed E-state index contributed by atoms with van der Waals surface area (Å²) in [7, 11) is 0. The van der Waals surface area contributed by atoms with Crippen LogP contribution in [0.25, 0.3) is 0 Å². The zero-order chi connectivity index (χ0) is 22.5. The summed E-state index contributed by atoms with van der Waals surface area (Å²) in [5.41, 5.74) is 11.4. The van der Waals surface area contributed by atoms with Crippen molar-refractivity contribution in [3.8, 4) is 0 Å². The molecule has 0 saturated heterocycles. The molecule has 0 aliphatic rings. The van der Waals surface area contributed by atoms with Crippen LogP contribution in [0.2, 0.25) is 0 Å². The van der Waals surface area contributed by atoms with Crippen LogP contribution in [0.4, 0.5) is 17.1 Å². The fourth-order valence-electron chi connectivity index (χ4n) is 3.65. The van der Waals surface area contributed by atoms with Crippen LogP contribution in [0.1, 0.15) is 40.3 Å². The van der Waals surface area contributed by atoms with Gasteiger partial charge in [0.2, 0.25) is 0 Å². The molecule has 0 fully saturated rings. The number of para-hydroxylation sites is 3. The average Bonchev–Trinajstić information content (AvgIpc) is 2.71. The van der Waals surface area contributed by atoms with E-state index in [0.29, 0.717) is 0 Å². The minimum atomic E-state index is 0.766. The van der Waals surface area contributed by atoms with Crippen molar-refractivity contribution in [1.82, 2.24) is 0 Å². The van der Waals surface area contributed by atoms with E-state index in [4.69, 9.17) is 15.0 Å². The second-order valence-corrected chi connectivity index (χ2v) is 8.17. The largest absolute Gasteiger partial charge is 0.254 e. The van der Waals surface area contributed by atoms with Crippen molar-refractivity contribution >= 4 is 34.7 Å². The molecular formula is C28H31N3. The molecule has 3 heteroatoms. The second kappa shape index (κ2) is 9.65. The van der Waals surface area contributed by atoms with Crippen LogP contribution in [0.5, 0.6) is 0 Å². The highest BCUT2D eigenvalue weighted by molar-refractivity contribution is 6.63. The van der Waals surface area contributed by atoms with Gasteiger partial charge in [-0.05, 0) is 81.8 Å². The van der Waals surface area contributed by atoms with Gasteiger partial charge in [-0.25, -0.2) is 4.99 Å². The molecule has 0 unspecified atom stereocenters. The molecule has 0 bridgehead atoms. The predicted molar refractivity (Wildman–Crippen MR) is 136 cm³/mol. The number of hydrogen-bond acceptors (Lipinski definition) is 3. The Morgan fingerprint density at radius 2 is 0.903 bits per heavy atom. The van der Waals surface area contributed by atoms with Gasteiger partial charge in [0.25, 0.3) is 0 Å². The fraction of sp³-hybridized carbons (Fsp3) is 0.250. The summed E-state index contributed by atoms with van der Waals surface area (Å²) in [6, 6.07) is 18.7. The van der Waals surface area contributed by atoms with Gasteiger partial charge in [0.15, 0.2) is 0 Å². The first-order valence-corrected chi connectivity index (χ1v) is 10.6. The molecule has 0 aromatic heterocycles. The van der Waals surface area contributed by atoms with Gasteiger partial charge < -0.3 is 0 Å². The third kappa shape index (κ3) is 5.24. The highest BCUT2D eigenvalue weighted by Crippen LogP contribution is 2.26. The molecule has 0 spiro atoms. The van der Waals surface area contributed by atoms with Crippen molar-refractivity contribution in [2.75, 3.05) is 0 Å². The van der Waals surface area contributed by atoms with Crippen molar-refractivity contribution in [3.63, 3.8) is 0 Å². The number of nitrogens with zero attached hydrogens (tertiary/aromatic N) is 3. The van der Waals surface area contributed by atoms with E-state index < -0.39 is 0 Å². The van der Waals surface area contributed by atoms with Gasteiger partial charge >= 0.3 is 0 Å². The first-order chi connectivity index (χ1) is 14.8. The van der Waals surface area contributed by atoms with Crippen molar-refractivity contribution < 1.29 is 0 Å². The lowest BCUT2D eigenvalue weighted by molar-refractivity contribution is 1.32. The van der Waals surface area contributed by atoms with Crippen molar-refractivity contribution in [2.24, 2.45) is 15.0 Å². The Balaban J connectivity index is 2.16. The van der Waals surface area contributed by atoms with E-state index in [1.165, 1.54) is 0 Å². The van der Waals surface area contributed by atoms with E-state index in [0.717, 1.165) is 61.9 Å². The van der Waals surface area contributed by atoms with E-state index in [-0.39, 0.29) is 0 Å². The molecule has 3 nitrogen and oxygen atoms in total. The molecule has 3 rings (SSSR count). The molecule has 0 heterocycles. The number of aliphatic imine (C=N–C) groups is 3. The minimum absolute atomic E-state index is 0.766. The van der Waals surface area contributed by atoms with Crippen LogP contribution in [0.3, 0.4) is 0 Å². The predicted octanol–water partition coefficient (Wildman–Crippen LogP) is 7.80. The topological polar surface area (TPSA) is 37.1 Å². The Morgan fingerprint density at radius 3 is 1.32 bits per heavy atom. The number of aryl methyl sites for hydroxylation is 6. The van der Waals surface area contributed by atoms with Gasteiger partial charge in [-0.3, -0.25) is 9.98 Å². The lowest BCUT2D eigenvalue weighted by atomic mass is 10.1. The van der Waals surface area contributed by atoms with Crippen molar-refractivity contribution in [2.45, 2.75) is 48.5 Å². The van der Waals surface area contributed by atoms with Crippen LogP contribution < -0.4 is 0 Å². The van der Waals surface area contributed by atoms with E-state index in [9.17, 15) is 0 Å². The molecule has 0 aliphatic heterocycles. The number of hydrogen-bond donors (Lipinski definition) is 0. The first-order valence-electron chi connectivity index (χ1n) is 10.6. The summed E-state index contributed by atoms with van der Waals surface area (Å²) in [4.78, 5) is 14.8. The molecule has 0 N–H and O–H groups in total. The molecule has 0 saturated carbocycles. The van der Waals surface area contributed by atoms with E-state index in [1.807, 2.05) is 13.1 Å². The molecule has 0 atom stereocenters. The molecule has 0 radical (unpaired) electrons. The van der Waals surface area contributed by atoms with Crippen LogP contribution in [-0.4, -0.2) is 17.6 Å². The third-order valence-corrected chi connectivity index (χ3v) is 5.52. The van der Waals surface area contributed by atoms with Crippen LogP contribution in [0.15, 0.2) is 69.6 Å². The minimum Gasteiger partial charge on any atom is -0.254 e. The summed E-state index contributed by atoms with van der Waals surface area (Å²) in [6.45, 7) is 14.5. The third-order valence-electron chi connectivity index (χ3n) is 5.52. The fourth-order valence-corrected chi connectivity index (χ4v) is 3.65. The molecule has 0 amide bonds. The Labute approximate surface area is 186 Å². The number of benzene rings is 3. The van der Waals surface area contributed by atoms with Gasteiger partial charge in [-0.2, -0.15) is 0 Å². The SMILES string of the molecule is CC(=Nc1c(C)cccc1C)C(C=Nc1c(C)cccc1C)=Nc1c(C)cccc1C.